The van der Waals surface area contributed by atoms with Crippen molar-refractivity contribution >= 4 is 33.9 Å². The summed E-state index contributed by atoms with van der Waals surface area (Å²) >= 11 is 12.3. The van der Waals surface area contributed by atoms with E-state index in [0.29, 0.717) is 5.02 Å². The van der Waals surface area contributed by atoms with Crippen LogP contribution in [0.25, 0.3) is 5.03 Å². The molecule has 1 N–H and O–H groups in total. The Morgan fingerprint density at radius 1 is 1.21 bits per heavy atom. The second-order valence-corrected chi connectivity index (χ2v) is 4.82. The van der Waals surface area contributed by atoms with Gasteiger partial charge in [0.1, 0.15) is 0 Å². The van der Waals surface area contributed by atoms with E-state index in [1.807, 2.05) is 24.3 Å². The van der Waals surface area contributed by atoms with E-state index in [2.05, 4.69) is 19.2 Å². The molecule has 1 nitrogen and oxygen atoms in total. The van der Waals surface area contributed by atoms with E-state index in [-0.39, 0.29) is 5.54 Å². The third kappa shape index (κ3) is 1.62. The SMILES string of the molecule is CC1(C)C=C(Cl)c2cccc(Cl)c2N1. The van der Waals surface area contributed by atoms with Gasteiger partial charge in [0, 0.05) is 10.6 Å². The molecule has 74 valence electrons. The van der Waals surface area contributed by atoms with E-state index in [1.54, 1.807) is 0 Å². The molecule has 1 aliphatic heterocycles. The van der Waals surface area contributed by atoms with Gasteiger partial charge in [-0.1, -0.05) is 35.3 Å². The topological polar surface area (TPSA) is 12.0 Å². The molecule has 0 unspecified atom stereocenters. The molecule has 0 bridgehead atoms. The molecule has 1 aromatic rings. The molecule has 0 amide bonds. The Hall–Kier alpha value is -0.660. The first-order valence-corrected chi connectivity index (χ1v) is 5.21. The highest BCUT2D eigenvalue weighted by molar-refractivity contribution is 6.50. The molecule has 2 rings (SSSR count). The number of para-hydroxylation sites is 1. The maximum Gasteiger partial charge on any atom is 0.0644 e. The first kappa shape index (κ1) is 9.88. The van der Waals surface area contributed by atoms with Gasteiger partial charge in [0.05, 0.1) is 16.2 Å². The second kappa shape index (κ2) is 3.18. The number of fused-ring (bicyclic) bond motifs is 1. The minimum Gasteiger partial charge on any atom is -0.375 e. The Labute approximate surface area is 93.7 Å². The molecular formula is C11H11Cl2N. The van der Waals surface area contributed by atoms with Crippen LogP contribution in [0.1, 0.15) is 19.4 Å². The summed E-state index contributed by atoms with van der Waals surface area (Å²) in [6.07, 6.45) is 1.99. The largest absolute Gasteiger partial charge is 0.375 e. The lowest BCUT2D eigenvalue weighted by Crippen LogP contribution is -2.31. The number of anilines is 1. The van der Waals surface area contributed by atoms with Crippen LogP contribution in [-0.2, 0) is 0 Å². The summed E-state index contributed by atoms with van der Waals surface area (Å²) in [6, 6.07) is 5.72. The number of hydrogen-bond donors (Lipinski definition) is 1. The average molecular weight is 228 g/mol. The van der Waals surface area contributed by atoms with Gasteiger partial charge in [-0.15, -0.1) is 0 Å². The Morgan fingerprint density at radius 2 is 1.93 bits per heavy atom. The van der Waals surface area contributed by atoms with Crippen LogP contribution in [0.3, 0.4) is 0 Å². The number of rotatable bonds is 0. The van der Waals surface area contributed by atoms with Crippen molar-refractivity contribution in [3.8, 4) is 0 Å². The first-order chi connectivity index (χ1) is 6.49. The second-order valence-electron chi connectivity index (χ2n) is 4.00. The van der Waals surface area contributed by atoms with Gasteiger partial charge >= 0.3 is 0 Å². The first-order valence-electron chi connectivity index (χ1n) is 4.45. The van der Waals surface area contributed by atoms with E-state index < -0.39 is 0 Å². The van der Waals surface area contributed by atoms with E-state index in [0.717, 1.165) is 16.3 Å². The van der Waals surface area contributed by atoms with Crippen molar-refractivity contribution in [1.82, 2.24) is 0 Å². The molecule has 3 heteroatoms. The van der Waals surface area contributed by atoms with Crippen LogP contribution in [0, 0.1) is 0 Å². The highest BCUT2D eigenvalue weighted by Crippen LogP contribution is 2.39. The lowest BCUT2D eigenvalue weighted by molar-refractivity contribution is 0.710. The van der Waals surface area contributed by atoms with Gasteiger partial charge in [0.2, 0.25) is 0 Å². The fraction of sp³-hybridized carbons (Fsp3) is 0.273. The Balaban J connectivity index is 2.62. The van der Waals surface area contributed by atoms with Gasteiger partial charge < -0.3 is 5.32 Å². The van der Waals surface area contributed by atoms with Crippen molar-refractivity contribution < 1.29 is 0 Å². The maximum absolute atomic E-state index is 6.17. The van der Waals surface area contributed by atoms with Crippen molar-refractivity contribution in [1.29, 1.82) is 0 Å². The number of halogens is 2. The molecule has 0 aromatic heterocycles. The molecule has 1 heterocycles. The molecule has 0 spiro atoms. The van der Waals surface area contributed by atoms with Crippen molar-refractivity contribution in [2.24, 2.45) is 0 Å². The molecule has 0 atom stereocenters. The molecule has 0 saturated heterocycles. The zero-order chi connectivity index (χ0) is 10.3. The summed E-state index contributed by atoms with van der Waals surface area (Å²) in [5.74, 6) is 0. The molecule has 0 radical (unpaired) electrons. The van der Waals surface area contributed by atoms with Crippen LogP contribution in [-0.4, -0.2) is 5.54 Å². The van der Waals surface area contributed by atoms with E-state index in [9.17, 15) is 0 Å². The summed E-state index contributed by atoms with van der Waals surface area (Å²) in [5, 5.41) is 4.81. The Bertz CT molecular complexity index is 408. The molecule has 0 fully saturated rings. The summed E-state index contributed by atoms with van der Waals surface area (Å²) in [7, 11) is 0. The molecule has 1 aliphatic rings. The zero-order valence-corrected chi connectivity index (χ0v) is 9.58. The van der Waals surface area contributed by atoms with Crippen LogP contribution in [0.5, 0.6) is 0 Å². The number of hydrogen-bond acceptors (Lipinski definition) is 1. The predicted molar refractivity (Wildman–Crippen MR) is 63.0 cm³/mol. The van der Waals surface area contributed by atoms with Gasteiger partial charge in [0.15, 0.2) is 0 Å². The minimum atomic E-state index is -0.144. The van der Waals surface area contributed by atoms with Crippen molar-refractivity contribution in [2.75, 3.05) is 5.32 Å². The standard InChI is InChI=1S/C11H11Cl2N/c1-11(2)6-9(13)7-4-3-5-8(12)10(7)14-11/h3-6,14H,1-2H3. The number of benzene rings is 1. The normalized spacial score (nSPS) is 18.1. The lowest BCUT2D eigenvalue weighted by Gasteiger charge is -2.31. The monoisotopic (exact) mass is 227 g/mol. The fourth-order valence-corrected chi connectivity index (χ4v) is 2.26. The zero-order valence-electron chi connectivity index (χ0n) is 8.07. The average Bonchev–Trinajstić information content (AvgIpc) is 2.05. The fourth-order valence-electron chi connectivity index (χ4n) is 1.60. The van der Waals surface area contributed by atoms with Crippen LogP contribution in [0.4, 0.5) is 5.69 Å². The van der Waals surface area contributed by atoms with E-state index in [4.69, 9.17) is 23.2 Å². The molecule has 14 heavy (non-hydrogen) atoms. The molecule has 0 saturated carbocycles. The summed E-state index contributed by atoms with van der Waals surface area (Å²) in [6.45, 7) is 4.11. The lowest BCUT2D eigenvalue weighted by atomic mass is 9.97. The molecule has 0 aliphatic carbocycles. The van der Waals surface area contributed by atoms with Crippen molar-refractivity contribution in [3.63, 3.8) is 0 Å². The van der Waals surface area contributed by atoms with Crippen LogP contribution in [0.2, 0.25) is 5.02 Å². The maximum atomic E-state index is 6.17. The van der Waals surface area contributed by atoms with Crippen molar-refractivity contribution in [3.05, 3.63) is 34.9 Å². The summed E-state index contributed by atoms with van der Waals surface area (Å²) < 4.78 is 0. The van der Waals surface area contributed by atoms with E-state index in [1.165, 1.54) is 0 Å². The Morgan fingerprint density at radius 3 is 2.64 bits per heavy atom. The molecule has 1 aromatic carbocycles. The third-order valence-corrected chi connectivity index (χ3v) is 2.83. The molecular weight excluding hydrogens is 217 g/mol. The third-order valence-electron chi connectivity index (χ3n) is 2.21. The Kier molecular flexibility index (Phi) is 2.24. The van der Waals surface area contributed by atoms with Gasteiger partial charge in [-0.05, 0) is 26.0 Å². The summed E-state index contributed by atoms with van der Waals surface area (Å²) in [4.78, 5) is 0. The van der Waals surface area contributed by atoms with E-state index >= 15 is 0 Å². The van der Waals surface area contributed by atoms with Crippen LogP contribution < -0.4 is 5.32 Å². The number of nitrogens with one attached hydrogen (secondary N) is 1. The quantitative estimate of drug-likeness (QED) is 0.704. The minimum absolute atomic E-state index is 0.144. The van der Waals surface area contributed by atoms with Gasteiger partial charge in [-0.2, -0.15) is 0 Å². The smallest absolute Gasteiger partial charge is 0.0644 e. The van der Waals surface area contributed by atoms with Crippen LogP contribution in [0.15, 0.2) is 24.3 Å². The summed E-state index contributed by atoms with van der Waals surface area (Å²) in [5.41, 5.74) is 1.75. The predicted octanol–water partition coefficient (Wildman–Crippen LogP) is 4.12. The highest BCUT2D eigenvalue weighted by Gasteiger charge is 2.24. The van der Waals surface area contributed by atoms with Gasteiger partial charge in [-0.3, -0.25) is 0 Å². The van der Waals surface area contributed by atoms with Gasteiger partial charge in [-0.25, -0.2) is 0 Å². The van der Waals surface area contributed by atoms with Gasteiger partial charge in [0.25, 0.3) is 0 Å². The van der Waals surface area contributed by atoms with Crippen molar-refractivity contribution in [2.45, 2.75) is 19.4 Å². The highest BCUT2D eigenvalue weighted by atomic mass is 35.5. The van der Waals surface area contributed by atoms with Crippen LogP contribution >= 0.6 is 23.2 Å².